The second-order valence-corrected chi connectivity index (χ2v) is 6.29. The summed E-state index contributed by atoms with van der Waals surface area (Å²) in [5.41, 5.74) is -0.365. The Labute approximate surface area is 130 Å². The van der Waals surface area contributed by atoms with Crippen molar-refractivity contribution in [3.05, 3.63) is 58.3 Å². The second kappa shape index (κ2) is 6.44. The van der Waals surface area contributed by atoms with Gasteiger partial charge in [-0.3, -0.25) is 4.90 Å². The molecule has 0 radical (unpaired) electrons. The highest BCUT2D eigenvalue weighted by molar-refractivity contribution is 7.10. The van der Waals surface area contributed by atoms with Crippen molar-refractivity contribution >= 4 is 11.3 Å². The fraction of sp³-hybridized carbons (Fsp3) is 0.333. The largest absolute Gasteiger partial charge is 0.369 e. The molecule has 0 bridgehead atoms. The zero-order chi connectivity index (χ0) is 14.5. The maximum absolute atomic E-state index is 11.1. The highest BCUT2D eigenvalue weighted by Crippen LogP contribution is 2.32. The van der Waals surface area contributed by atoms with Crippen molar-refractivity contribution in [1.82, 2.24) is 4.90 Å². The van der Waals surface area contributed by atoms with E-state index >= 15 is 0 Å². The van der Waals surface area contributed by atoms with Crippen molar-refractivity contribution in [1.29, 1.82) is 0 Å². The summed E-state index contributed by atoms with van der Waals surface area (Å²) in [7, 11) is 0. The first-order valence-corrected chi connectivity index (χ1v) is 8.21. The quantitative estimate of drug-likeness (QED) is 0.880. The summed E-state index contributed by atoms with van der Waals surface area (Å²) in [6, 6.07) is 13.6. The molecule has 1 unspecified atom stereocenters. The molecule has 1 aromatic carbocycles. The Hall–Kier alpha value is -1.60. The summed E-state index contributed by atoms with van der Waals surface area (Å²) in [5, 5.41) is 13.1. The van der Waals surface area contributed by atoms with E-state index in [9.17, 15) is 5.11 Å². The van der Waals surface area contributed by atoms with Gasteiger partial charge in [0.1, 0.15) is 0 Å². The van der Waals surface area contributed by atoms with Crippen LogP contribution in [0.1, 0.15) is 23.3 Å². The fourth-order valence-corrected chi connectivity index (χ4v) is 3.46. The molecular formula is C18H19NOS. The highest BCUT2D eigenvalue weighted by atomic mass is 32.1. The van der Waals surface area contributed by atoms with Crippen molar-refractivity contribution in [2.45, 2.75) is 18.4 Å². The third-order valence-corrected chi connectivity index (χ3v) is 4.82. The summed E-state index contributed by atoms with van der Waals surface area (Å²) in [6.07, 6.45) is 2.52. The summed E-state index contributed by atoms with van der Waals surface area (Å²) in [6.45, 7) is 2.98. The Morgan fingerprint density at radius 1 is 1.10 bits per heavy atom. The number of nitrogens with zero attached hydrogens (tertiary/aromatic N) is 1. The van der Waals surface area contributed by atoms with Crippen LogP contribution in [0.5, 0.6) is 0 Å². The normalized spacial score (nSPS) is 18.0. The number of benzene rings is 1. The van der Waals surface area contributed by atoms with E-state index in [4.69, 9.17) is 0 Å². The van der Waals surface area contributed by atoms with Crippen LogP contribution >= 0.6 is 11.3 Å². The lowest BCUT2D eigenvalue weighted by atomic mass is 9.93. The molecule has 21 heavy (non-hydrogen) atoms. The van der Waals surface area contributed by atoms with Crippen LogP contribution in [0.15, 0.2) is 47.8 Å². The molecule has 1 saturated heterocycles. The van der Waals surface area contributed by atoms with Gasteiger partial charge in [-0.05, 0) is 37.4 Å². The van der Waals surface area contributed by atoms with Crippen LogP contribution in [-0.2, 0) is 5.60 Å². The van der Waals surface area contributed by atoms with Gasteiger partial charge >= 0.3 is 0 Å². The summed E-state index contributed by atoms with van der Waals surface area (Å²) in [4.78, 5) is 3.22. The molecule has 0 amide bonds. The van der Waals surface area contributed by atoms with Gasteiger partial charge in [-0.1, -0.05) is 48.2 Å². The average molecular weight is 297 g/mol. The molecule has 108 valence electrons. The van der Waals surface area contributed by atoms with Gasteiger partial charge in [-0.15, -0.1) is 11.3 Å². The van der Waals surface area contributed by atoms with Crippen LogP contribution in [0.2, 0.25) is 0 Å². The van der Waals surface area contributed by atoms with Gasteiger partial charge in [0.2, 0.25) is 0 Å². The number of thiophene rings is 1. The van der Waals surface area contributed by atoms with Crippen LogP contribution in [0.3, 0.4) is 0 Å². The first kappa shape index (κ1) is 14.3. The van der Waals surface area contributed by atoms with Crippen LogP contribution in [0, 0.1) is 11.8 Å². The Morgan fingerprint density at radius 3 is 2.52 bits per heavy atom. The number of aliphatic hydroxyl groups is 1. The van der Waals surface area contributed by atoms with E-state index in [-0.39, 0.29) is 0 Å². The molecule has 2 heterocycles. The average Bonchev–Trinajstić information content (AvgIpc) is 3.21. The molecule has 2 nitrogen and oxygen atoms in total. The standard InChI is InChI=1S/C18H19NOS/c20-18(17-10-6-15-21-17,16-8-2-1-3-9-16)11-7-14-19-12-4-5-13-19/h1-3,6,8-10,15,20H,4-5,12-14H2. The first-order valence-electron chi connectivity index (χ1n) is 7.33. The van der Waals surface area contributed by atoms with E-state index in [1.165, 1.54) is 12.8 Å². The Balaban J connectivity index is 1.88. The number of hydrogen-bond donors (Lipinski definition) is 1. The minimum atomic E-state index is -1.20. The molecule has 3 heteroatoms. The lowest BCUT2D eigenvalue weighted by Crippen LogP contribution is -2.25. The predicted octanol–water partition coefficient (Wildman–Crippen LogP) is 3.08. The molecule has 0 saturated carbocycles. The van der Waals surface area contributed by atoms with E-state index in [1.807, 2.05) is 47.8 Å². The van der Waals surface area contributed by atoms with Crippen LogP contribution in [-0.4, -0.2) is 29.6 Å². The molecule has 0 spiro atoms. The molecule has 1 atom stereocenters. The van der Waals surface area contributed by atoms with Crippen LogP contribution in [0.4, 0.5) is 0 Å². The molecule has 1 aliphatic heterocycles. The predicted molar refractivity (Wildman–Crippen MR) is 87.2 cm³/mol. The monoisotopic (exact) mass is 297 g/mol. The lowest BCUT2D eigenvalue weighted by Gasteiger charge is -2.21. The fourth-order valence-electron chi connectivity index (χ4n) is 2.66. The molecule has 3 rings (SSSR count). The van der Waals surface area contributed by atoms with E-state index in [0.717, 1.165) is 30.1 Å². The van der Waals surface area contributed by atoms with Crippen molar-refractivity contribution in [3.8, 4) is 11.8 Å². The summed E-state index contributed by atoms with van der Waals surface area (Å²) < 4.78 is 0. The molecule has 1 aromatic heterocycles. The minimum Gasteiger partial charge on any atom is -0.369 e. The van der Waals surface area contributed by atoms with E-state index in [0.29, 0.717) is 0 Å². The zero-order valence-electron chi connectivity index (χ0n) is 12.0. The van der Waals surface area contributed by atoms with Gasteiger partial charge in [0.05, 0.1) is 11.4 Å². The smallest absolute Gasteiger partial charge is 0.186 e. The zero-order valence-corrected chi connectivity index (χ0v) is 12.8. The highest BCUT2D eigenvalue weighted by Gasteiger charge is 2.30. The topological polar surface area (TPSA) is 23.5 Å². The van der Waals surface area contributed by atoms with Gasteiger partial charge in [0.25, 0.3) is 0 Å². The van der Waals surface area contributed by atoms with Gasteiger partial charge in [-0.2, -0.15) is 0 Å². The third-order valence-electron chi connectivity index (χ3n) is 3.84. The van der Waals surface area contributed by atoms with Crippen LogP contribution < -0.4 is 0 Å². The molecule has 1 N–H and O–H groups in total. The van der Waals surface area contributed by atoms with Crippen LogP contribution in [0.25, 0.3) is 0 Å². The number of hydrogen-bond acceptors (Lipinski definition) is 3. The molecule has 1 aliphatic rings. The maximum atomic E-state index is 11.1. The third kappa shape index (κ3) is 3.19. The molecule has 2 aromatic rings. The van der Waals surface area contributed by atoms with Crippen molar-refractivity contribution in [3.63, 3.8) is 0 Å². The molecule has 0 aliphatic carbocycles. The first-order chi connectivity index (χ1) is 10.3. The molecular weight excluding hydrogens is 278 g/mol. The van der Waals surface area contributed by atoms with Gasteiger partial charge in [0.15, 0.2) is 5.60 Å². The van der Waals surface area contributed by atoms with Gasteiger partial charge in [-0.25, -0.2) is 0 Å². The Kier molecular flexibility index (Phi) is 4.40. The van der Waals surface area contributed by atoms with Crippen molar-refractivity contribution in [2.75, 3.05) is 19.6 Å². The number of rotatable bonds is 3. The van der Waals surface area contributed by atoms with E-state index in [2.05, 4.69) is 16.7 Å². The summed E-state index contributed by atoms with van der Waals surface area (Å²) >= 11 is 1.54. The lowest BCUT2D eigenvalue weighted by molar-refractivity contribution is 0.149. The van der Waals surface area contributed by atoms with Gasteiger partial charge < -0.3 is 5.11 Å². The Bertz CT molecular complexity index is 620. The molecule has 1 fully saturated rings. The minimum absolute atomic E-state index is 0.737. The Morgan fingerprint density at radius 2 is 1.86 bits per heavy atom. The van der Waals surface area contributed by atoms with Crippen molar-refractivity contribution in [2.24, 2.45) is 0 Å². The number of likely N-dealkylation sites (tertiary alicyclic amines) is 1. The maximum Gasteiger partial charge on any atom is 0.186 e. The van der Waals surface area contributed by atoms with E-state index in [1.54, 1.807) is 11.3 Å². The van der Waals surface area contributed by atoms with Crippen molar-refractivity contribution < 1.29 is 5.11 Å². The second-order valence-electron chi connectivity index (χ2n) is 5.34. The summed E-state index contributed by atoms with van der Waals surface area (Å²) in [5.74, 6) is 6.30. The van der Waals surface area contributed by atoms with E-state index < -0.39 is 5.60 Å². The van der Waals surface area contributed by atoms with Gasteiger partial charge in [0, 0.05) is 5.56 Å². The SMILES string of the molecule is OC(C#CCN1CCCC1)(c1ccccc1)c1cccs1.